The molecular weight excluding hydrogens is 396 g/mol. The van der Waals surface area contributed by atoms with Gasteiger partial charge in [0.25, 0.3) is 0 Å². The van der Waals surface area contributed by atoms with Gasteiger partial charge in [-0.25, -0.2) is 14.8 Å². The number of anilines is 3. The van der Waals surface area contributed by atoms with Gasteiger partial charge in [0.15, 0.2) is 11.6 Å². The highest BCUT2D eigenvalue weighted by molar-refractivity contribution is 7.16. The molecule has 2 aromatic heterocycles. The Balaban J connectivity index is 1.61. The van der Waals surface area contributed by atoms with E-state index in [0.717, 1.165) is 78.4 Å². The van der Waals surface area contributed by atoms with Crippen molar-refractivity contribution in [1.82, 2.24) is 9.97 Å². The zero-order valence-corrected chi connectivity index (χ0v) is 18.1. The predicted octanol–water partition coefficient (Wildman–Crippen LogP) is 5.09. The average molecular weight is 423 g/mol. The Bertz CT molecular complexity index is 1090. The molecule has 1 aliphatic heterocycles. The van der Waals surface area contributed by atoms with Gasteiger partial charge in [0.05, 0.1) is 23.7 Å². The number of carbonyl (C=O) groups excluding carboxylic acids is 1. The van der Waals surface area contributed by atoms with Crippen molar-refractivity contribution < 1.29 is 9.53 Å². The van der Waals surface area contributed by atoms with Gasteiger partial charge in [0.2, 0.25) is 0 Å². The largest absolute Gasteiger partial charge is 0.465 e. The van der Waals surface area contributed by atoms with E-state index in [0.29, 0.717) is 5.56 Å². The van der Waals surface area contributed by atoms with Gasteiger partial charge in [0, 0.05) is 18.0 Å². The van der Waals surface area contributed by atoms with E-state index < -0.39 is 0 Å². The van der Waals surface area contributed by atoms with Crippen molar-refractivity contribution >= 4 is 45.0 Å². The van der Waals surface area contributed by atoms with Crippen molar-refractivity contribution in [2.75, 3.05) is 30.4 Å². The molecule has 0 unspecified atom stereocenters. The second-order valence-corrected chi connectivity index (χ2v) is 9.07. The number of hydrogen-bond donors (Lipinski definition) is 1. The van der Waals surface area contributed by atoms with Crippen LogP contribution in [0.25, 0.3) is 11.0 Å². The summed E-state index contributed by atoms with van der Waals surface area (Å²) in [4.78, 5) is 26.1. The number of fused-ring (bicyclic) bond motifs is 2. The third kappa shape index (κ3) is 3.51. The number of para-hydroxylation sites is 2. The zero-order chi connectivity index (χ0) is 20.5. The summed E-state index contributed by atoms with van der Waals surface area (Å²) in [5.41, 5.74) is 3.56. The first-order chi connectivity index (χ1) is 14.7. The minimum absolute atomic E-state index is 0.273. The third-order valence-corrected chi connectivity index (χ3v) is 7.21. The molecule has 0 spiro atoms. The number of aromatic nitrogens is 2. The number of hydrogen-bond acceptors (Lipinski definition) is 7. The predicted molar refractivity (Wildman–Crippen MR) is 121 cm³/mol. The molecule has 3 aromatic rings. The topological polar surface area (TPSA) is 67.3 Å². The highest BCUT2D eigenvalue weighted by Crippen LogP contribution is 2.41. The maximum atomic E-state index is 12.7. The summed E-state index contributed by atoms with van der Waals surface area (Å²) < 4.78 is 5.14. The van der Waals surface area contributed by atoms with Crippen molar-refractivity contribution in [1.29, 1.82) is 0 Å². The number of rotatable bonds is 4. The Morgan fingerprint density at radius 2 is 1.77 bits per heavy atom. The van der Waals surface area contributed by atoms with Gasteiger partial charge in [-0.05, 0) is 62.6 Å². The van der Waals surface area contributed by atoms with Crippen LogP contribution in [-0.4, -0.2) is 36.1 Å². The fourth-order valence-corrected chi connectivity index (χ4v) is 5.76. The number of thiophene rings is 1. The van der Waals surface area contributed by atoms with E-state index in [1.807, 2.05) is 24.3 Å². The molecule has 7 heteroatoms. The van der Waals surface area contributed by atoms with Crippen LogP contribution in [0.1, 0.15) is 52.9 Å². The van der Waals surface area contributed by atoms with Crippen LogP contribution in [0.5, 0.6) is 0 Å². The third-order valence-electron chi connectivity index (χ3n) is 6.00. The number of aryl methyl sites for hydroxylation is 1. The van der Waals surface area contributed by atoms with E-state index >= 15 is 0 Å². The Morgan fingerprint density at radius 1 is 1.03 bits per heavy atom. The first kappa shape index (κ1) is 19.3. The van der Waals surface area contributed by atoms with Crippen LogP contribution in [0.3, 0.4) is 0 Å². The quantitative estimate of drug-likeness (QED) is 0.591. The lowest BCUT2D eigenvalue weighted by Crippen LogP contribution is -2.31. The van der Waals surface area contributed by atoms with Crippen molar-refractivity contribution in [2.45, 2.75) is 44.9 Å². The Kier molecular flexibility index (Phi) is 5.29. The summed E-state index contributed by atoms with van der Waals surface area (Å²) in [5, 5.41) is 4.34. The summed E-state index contributed by atoms with van der Waals surface area (Å²) >= 11 is 1.66. The summed E-state index contributed by atoms with van der Waals surface area (Å²) in [6, 6.07) is 7.95. The first-order valence-corrected chi connectivity index (χ1v) is 11.6. The number of methoxy groups -OCH3 is 1. The number of nitrogens with zero attached hydrogens (tertiary/aromatic N) is 3. The van der Waals surface area contributed by atoms with Gasteiger partial charge in [-0.1, -0.05) is 12.1 Å². The molecule has 2 aliphatic rings. The Morgan fingerprint density at radius 3 is 2.53 bits per heavy atom. The van der Waals surface area contributed by atoms with Crippen LogP contribution in [0, 0.1) is 0 Å². The molecule has 1 saturated heterocycles. The zero-order valence-electron chi connectivity index (χ0n) is 17.2. The monoisotopic (exact) mass is 422 g/mol. The molecule has 0 saturated carbocycles. The van der Waals surface area contributed by atoms with Gasteiger partial charge < -0.3 is 15.0 Å². The number of esters is 1. The molecule has 1 fully saturated rings. The lowest BCUT2D eigenvalue weighted by molar-refractivity contribution is 0.0601. The second-order valence-electron chi connectivity index (χ2n) is 7.96. The smallest absolute Gasteiger partial charge is 0.341 e. The van der Waals surface area contributed by atoms with Crippen molar-refractivity contribution in [3.05, 3.63) is 40.3 Å². The normalized spacial score (nSPS) is 16.4. The SMILES string of the molecule is COC(=O)c1c(Nc2nc3ccccc3nc2N2CCCCC2)sc2c1CCCC2. The van der Waals surface area contributed by atoms with E-state index in [-0.39, 0.29) is 5.97 Å². The molecule has 3 heterocycles. The van der Waals surface area contributed by atoms with E-state index in [4.69, 9.17) is 14.7 Å². The minimum Gasteiger partial charge on any atom is -0.465 e. The number of ether oxygens (including phenoxy) is 1. The molecule has 1 N–H and O–H groups in total. The number of carbonyl (C=O) groups is 1. The summed E-state index contributed by atoms with van der Waals surface area (Å²) in [6.45, 7) is 1.96. The van der Waals surface area contributed by atoms with Gasteiger partial charge in [-0.15, -0.1) is 11.3 Å². The van der Waals surface area contributed by atoms with Crippen molar-refractivity contribution in [3.63, 3.8) is 0 Å². The van der Waals surface area contributed by atoms with Crippen LogP contribution < -0.4 is 10.2 Å². The van der Waals surface area contributed by atoms with E-state index in [1.54, 1.807) is 11.3 Å². The minimum atomic E-state index is -0.273. The fourth-order valence-electron chi connectivity index (χ4n) is 4.48. The van der Waals surface area contributed by atoms with E-state index in [1.165, 1.54) is 24.8 Å². The molecule has 6 nitrogen and oxygen atoms in total. The molecule has 1 aromatic carbocycles. The fraction of sp³-hybridized carbons (Fsp3) is 0.435. The van der Waals surface area contributed by atoms with Crippen molar-refractivity contribution in [3.8, 4) is 0 Å². The molecule has 5 rings (SSSR count). The Hall–Kier alpha value is -2.67. The highest BCUT2D eigenvalue weighted by atomic mass is 32.1. The first-order valence-electron chi connectivity index (χ1n) is 10.8. The van der Waals surface area contributed by atoms with Crippen molar-refractivity contribution in [2.24, 2.45) is 0 Å². The molecule has 0 amide bonds. The second kappa shape index (κ2) is 8.22. The number of benzene rings is 1. The lowest BCUT2D eigenvalue weighted by Gasteiger charge is -2.29. The molecule has 0 radical (unpaired) electrons. The maximum Gasteiger partial charge on any atom is 0.341 e. The van der Waals surface area contributed by atoms with E-state index in [9.17, 15) is 4.79 Å². The summed E-state index contributed by atoms with van der Waals surface area (Å²) in [5.74, 6) is 1.32. The summed E-state index contributed by atoms with van der Waals surface area (Å²) in [6.07, 6.45) is 7.81. The average Bonchev–Trinajstić information content (AvgIpc) is 3.16. The molecule has 0 atom stereocenters. The molecule has 1 aliphatic carbocycles. The Labute approximate surface area is 180 Å². The molecule has 30 heavy (non-hydrogen) atoms. The standard InChI is InChI=1S/C23H26N4O2S/c1-29-23(28)19-15-9-3-6-12-18(15)30-22(19)26-20-21(27-13-7-2-8-14-27)25-17-11-5-4-10-16(17)24-20/h4-5,10-11H,2-3,6-9,12-14H2,1H3,(H,24,26). The van der Waals surface area contributed by atoms with Crippen LogP contribution in [0.4, 0.5) is 16.6 Å². The lowest BCUT2D eigenvalue weighted by atomic mass is 9.95. The van der Waals surface area contributed by atoms with Gasteiger partial charge >= 0.3 is 5.97 Å². The molecular formula is C23H26N4O2S. The van der Waals surface area contributed by atoms with Crippen LogP contribution in [0.15, 0.2) is 24.3 Å². The molecule has 156 valence electrons. The molecule has 0 bridgehead atoms. The van der Waals surface area contributed by atoms with Crippen LogP contribution in [-0.2, 0) is 17.6 Å². The number of nitrogens with one attached hydrogen (secondary N) is 1. The number of piperidine rings is 1. The van der Waals surface area contributed by atoms with E-state index in [2.05, 4.69) is 10.2 Å². The maximum absolute atomic E-state index is 12.7. The van der Waals surface area contributed by atoms with Gasteiger partial charge in [-0.3, -0.25) is 0 Å². The van der Waals surface area contributed by atoms with Crippen LogP contribution in [0.2, 0.25) is 0 Å². The van der Waals surface area contributed by atoms with Gasteiger partial charge in [-0.2, -0.15) is 0 Å². The summed E-state index contributed by atoms with van der Waals surface area (Å²) in [7, 11) is 1.45. The van der Waals surface area contributed by atoms with Gasteiger partial charge in [0.1, 0.15) is 5.00 Å². The van der Waals surface area contributed by atoms with Crippen LogP contribution >= 0.6 is 11.3 Å². The highest BCUT2D eigenvalue weighted by Gasteiger charge is 2.27.